The van der Waals surface area contributed by atoms with E-state index in [2.05, 4.69) is 24.5 Å². The Kier molecular flexibility index (Phi) is 28.0. The van der Waals surface area contributed by atoms with Crippen molar-refractivity contribution in [1.82, 2.24) is 10.6 Å². The fraction of sp³-hybridized carbons (Fsp3) is 0.688. The lowest BCUT2D eigenvalue weighted by Gasteiger charge is -2.15. The lowest BCUT2D eigenvalue weighted by molar-refractivity contribution is -0.141. The average molecular weight is 747 g/mol. The van der Waals surface area contributed by atoms with E-state index in [9.17, 15) is 19.5 Å². The number of carboxylic acid groups (broad SMARTS) is 1. The van der Waals surface area contributed by atoms with E-state index in [0.29, 0.717) is 19.4 Å². The number of carbonyl (C=O) groups is 3. The predicted octanol–water partition coefficient (Wildman–Crippen LogP) is 13.0. The van der Waals surface area contributed by atoms with Gasteiger partial charge in [0.05, 0.1) is 0 Å². The van der Waals surface area contributed by atoms with Crippen molar-refractivity contribution in [3.63, 3.8) is 0 Å². The Morgan fingerprint density at radius 1 is 0.500 bits per heavy atom. The van der Waals surface area contributed by atoms with Gasteiger partial charge in [-0.1, -0.05) is 216 Å². The molecule has 3 N–H and O–H groups in total. The summed E-state index contributed by atoms with van der Waals surface area (Å²) in [4.78, 5) is 37.1. The van der Waals surface area contributed by atoms with Crippen LogP contribution in [0.15, 0.2) is 48.5 Å². The van der Waals surface area contributed by atoms with E-state index in [1.165, 1.54) is 135 Å². The quantitative estimate of drug-likeness (QED) is 0.0612. The number of amides is 2. The molecule has 0 saturated heterocycles. The molecule has 0 saturated carbocycles. The predicted molar refractivity (Wildman–Crippen MR) is 228 cm³/mol. The minimum atomic E-state index is -1.01. The molecule has 2 rings (SSSR count). The fourth-order valence-electron chi connectivity index (χ4n) is 7.29. The molecule has 54 heavy (non-hydrogen) atoms. The van der Waals surface area contributed by atoms with Gasteiger partial charge in [0.15, 0.2) is 0 Å². The molecule has 0 radical (unpaired) electrons. The molecular formula is C48H78N2O4. The zero-order valence-electron chi connectivity index (χ0n) is 34.6. The highest BCUT2D eigenvalue weighted by molar-refractivity contribution is 5.83. The molecule has 2 aromatic rings. The Bertz CT molecular complexity index is 1240. The highest BCUT2D eigenvalue weighted by Crippen LogP contribution is 2.22. The summed E-state index contributed by atoms with van der Waals surface area (Å²) in [6.07, 6.45) is 34.3. The van der Waals surface area contributed by atoms with Gasteiger partial charge in [0.1, 0.15) is 6.04 Å². The molecular weight excluding hydrogens is 669 g/mol. The van der Waals surface area contributed by atoms with Crippen LogP contribution in [0, 0.1) is 0 Å². The van der Waals surface area contributed by atoms with Crippen LogP contribution in [-0.4, -0.2) is 28.9 Å². The number of carbonyl (C=O) groups excluding carboxylic acids is 2. The Morgan fingerprint density at radius 3 is 1.37 bits per heavy atom. The van der Waals surface area contributed by atoms with Gasteiger partial charge in [-0.25, -0.2) is 4.79 Å². The third kappa shape index (κ3) is 24.3. The first-order valence-corrected chi connectivity index (χ1v) is 22.4. The number of hydrogen-bond acceptors (Lipinski definition) is 3. The van der Waals surface area contributed by atoms with Gasteiger partial charge in [0.25, 0.3) is 0 Å². The Balaban J connectivity index is 1.60. The van der Waals surface area contributed by atoms with Crippen LogP contribution >= 0.6 is 0 Å². The van der Waals surface area contributed by atoms with E-state index in [-0.39, 0.29) is 18.2 Å². The summed E-state index contributed by atoms with van der Waals surface area (Å²) < 4.78 is 0. The molecule has 0 bridgehead atoms. The van der Waals surface area contributed by atoms with Gasteiger partial charge in [-0.15, -0.1) is 0 Å². The third-order valence-corrected chi connectivity index (χ3v) is 10.8. The minimum Gasteiger partial charge on any atom is -0.480 e. The SMILES string of the molecule is CCCCCCCCCCCCCCCC(=O)NCc1ccc(-c2cccc(C[C@H](NC(=O)CCCCCCCCCCCCCCC)C(=O)O)c2)cc1. The first-order valence-electron chi connectivity index (χ1n) is 22.4. The van der Waals surface area contributed by atoms with Crippen LogP contribution in [-0.2, 0) is 27.3 Å². The maximum atomic E-state index is 12.6. The highest BCUT2D eigenvalue weighted by atomic mass is 16.4. The second-order valence-electron chi connectivity index (χ2n) is 15.8. The minimum absolute atomic E-state index is 0.110. The van der Waals surface area contributed by atoms with Crippen LogP contribution in [0.4, 0.5) is 0 Å². The summed E-state index contributed by atoms with van der Waals surface area (Å²) >= 11 is 0. The molecule has 1 atom stereocenters. The van der Waals surface area contributed by atoms with Gasteiger partial charge < -0.3 is 15.7 Å². The van der Waals surface area contributed by atoms with Crippen molar-refractivity contribution in [1.29, 1.82) is 0 Å². The standard InChI is InChI=1S/C48H78N2O4/c1-3-5-7-9-11-13-15-17-19-21-23-25-27-32-46(51)49-40-41-34-36-43(37-35-41)44-31-29-30-42(38-44)39-45(48(53)54)50-47(52)33-28-26-24-22-20-18-16-14-12-10-8-6-4-2/h29-31,34-38,45H,3-28,32-33,39-40H2,1-2H3,(H,49,51)(H,50,52)(H,53,54)/t45-/m0/s1. The van der Waals surface area contributed by atoms with Crippen LogP contribution in [0.1, 0.15) is 205 Å². The van der Waals surface area contributed by atoms with Crippen molar-refractivity contribution < 1.29 is 19.5 Å². The number of benzene rings is 2. The summed E-state index contributed by atoms with van der Waals surface area (Å²) in [5.74, 6) is -1.09. The highest BCUT2D eigenvalue weighted by Gasteiger charge is 2.20. The lowest BCUT2D eigenvalue weighted by Crippen LogP contribution is -2.42. The monoisotopic (exact) mass is 747 g/mol. The van der Waals surface area contributed by atoms with Crippen LogP contribution < -0.4 is 10.6 Å². The second kappa shape index (κ2) is 32.1. The number of unbranched alkanes of at least 4 members (excludes halogenated alkanes) is 24. The molecule has 0 aliphatic rings. The Morgan fingerprint density at radius 2 is 0.926 bits per heavy atom. The first kappa shape index (κ1) is 47.0. The number of nitrogens with one attached hydrogen (secondary N) is 2. The second-order valence-corrected chi connectivity index (χ2v) is 15.8. The number of carboxylic acids is 1. The van der Waals surface area contributed by atoms with Crippen LogP contribution in [0.3, 0.4) is 0 Å². The van der Waals surface area contributed by atoms with Crippen molar-refractivity contribution >= 4 is 17.8 Å². The van der Waals surface area contributed by atoms with Gasteiger partial charge in [0.2, 0.25) is 11.8 Å². The van der Waals surface area contributed by atoms with E-state index in [1.807, 2.05) is 48.5 Å². The summed E-state index contributed by atoms with van der Waals surface area (Å²) in [6, 6.07) is 15.1. The summed E-state index contributed by atoms with van der Waals surface area (Å²) in [5, 5.41) is 15.7. The van der Waals surface area contributed by atoms with E-state index in [0.717, 1.165) is 54.4 Å². The largest absolute Gasteiger partial charge is 0.480 e. The smallest absolute Gasteiger partial charge is 0.326 e. The van der Waals surface area contributed by atoms with E-state index >= 15 is 0 Å². The van der Waals surface area contributed by atoms with Gasteiger partial charge in [-0.05, 0) is 35.1 Å². The molecule has 0 fully saturated rings. The molecule has 0 aliphatic heterocycles. The van der Waals surface area contributed by atoms with Crippen molar-refractivity contribution in [3.05, 3.63) is 59.7 Å². The van der Waals surface area contributed by atoms with Crippen molar-refractivity contribution in [2.24, 2.45) is 0 Å². The summed E-state index contributed by atoms with van der Waals surface area (Å²) in [5.41, 5.74) is 3.93. The summed E-state index contributed by atoms with van der Waals surface area (Å²) in [6.45, 7) is 5.04. The van der Waals surface area contributed by atoms with Gasteiger partial charge in [0, 0.05) is 25.8 Å². The summed E-state index contributed by atoms with van der Waals surface area (Å²) in [7, 11) is 0. The topological polar surface area (TPSA) is 95.5 Å². The van der Waals surface area contributed by atoms with Gasteiger partial charge >= 0.3 is 5.97 Å². The average Bonchev–Trinajstić information content (AvgIpc) is 3.17. The van der Waals surface area contributed by atoms with Crippen molar-refractivity contribution in [2.75, 3.05) is 0 Å². The fourth-order valence-corrected chi connectivity index (χ4v) is 7.29. The maximum absolute atomic E-state index is 12.6. The zero-order chi connectivity index (χ0) is 38.9. The zero-order valence-corrected chi connectivity index (χ0v) is 34.6. The van der Waals surface area contributed by atoms with Crippen molar-refractivity contribution in [2.45, 2.75) is 213 Å². The van der Waals surface area contributed by atoms with Crippen LogP contribution in [0.5, 0.6) is 0 Å². The van der Waals surface area contributed by atoms with E-state index < -0.39 is 12.0 Å². The Labute approximate surface area is 330 Å². The molecule has 304 valence electrons. The number of rotatable bonds is 35. The van der Waals surface area contributed by atoms with Crippen LogP contribution in [0.25, 0.3) is 11.1 Å². The Hall–Kier alpha value is -3.15. The molecule has 0 unspecified atom stereocenters. The normalized spacial score (nSPS) is 11.7. The molecule has 2 amide bonds. The lowest BCUT2D eigenvalue weighted by atomic mass is 9.98. The molecule has 6 heteroatoms. The molecule has 0 spiro atoms. The first-order chi connectivity index (χ1) is 26.4. The molecule has 0 heterocycles. The van der Waals surface area contributed by atoms with E-state index in [4.69, 9.17) is 0 Å². The van der Waals surface area contributed by atoms with Gasteiger partial charge in [-0.2, -0.15) is 0 Å². The van der Waals surface area contributed by atoms with Crippen LogP contribution in [0.2, 0.25) is 0 Å². The molecule has 2 aromatic carbocycles. The van der Waals surface area contributed by atoms with Crippen molar-refractivity contribution in [3.8, 4) is 11.1 Å². The maximum Gasteiger partial charge on any atom is 0.326 e. The molecule has 6 nitrogen and oxygen atoms in total. The molecule has 0 aliphatic carbocycles. The third-order valence-electron chi connectivity index (χ3n) is 10.8. The number of aliphatic carboxylic acids is 1. The molecule has 0 aromatic heterocycles. The number of hydrogen-bond donors (Lipinski definition) is 3. The van der Waals surface area contributed by atoms with E-state index in [1.54, 1.807) is 0 Å². The van der Waals surface area contributed by atoms with Gasteiger partial charge in [-0.3, -0.25) is 9.59 Å².